The van der Waals surface area contributed by atoms with Crippen molar-refractivity contribution < 1.29 is 17.9 Å². The van der Waals surface area contributed by atoms with Crippen LogP contribution in [-0.2, 0) is 19.4 Å². The minimum Gasteiger partial charge on any atom is -0.465 e. The summed E-state index contributed by atoms with van der Waals surface area (Å²) in [7, 11) is -3.79. The molecule has 0 unspecified atom stereocenters. The molecule has 0 aromatic heterocycles. The summed E-state index contributed by atoms with van der Waals surface area (Å²) in [6.45, 7) is 3.61. The average Bonchev–Trinajstić information content (AvgIpc) is 3.34. The van der Waals surface area contributed by atoms with E-state index >= 15 is 0 Å². The number of rotatable bonds is 6. The number of ether oxygens (including phenoxy) is 1. The summed E-state index contributed by atoms with van der Waals surface area (Å²) in [5.41, 5.74) is 6.32. The Labute approximate surface area is 164 Å². The lowest BCUT2D eigenvalue weighted by atomic mass is 9.99. The third-order valence-corrected chi connectivity index (χ3v) is 7.71. The molecule has 0 bridgehead atoms. The highest BCUT2D eigenvalue weighted by molar-refractivity contribution is 7.92. The first-order valence-corrected chi connectivity index (χ1v) is 10.6. The van der Waals surface area contributed by atoms with Crippen molar-refractivity contribution in [2.24, 2.45) is 11.1 Å². The molecule has 2 aromatic rings. The zero-order valence-electron chi connectivity index (χ0n) is 15.2. The van der Waals surface area contributed by atoms with Gasteiger partial charge in [-0.05, 0) is 43.7 Å². The molecule has 3 atom stereocenters. The van der Waals surface area contributed by atoms with Gasteiger partial charge in [-0.2, -0.15) is 0 Å². The van der Waals surface area contributed by atoms with Crippen molar-refractivity contribution >= 4 is 27.4 Å². The Hall–Kier alpha value is -1.89. The maximum Gasteiger partial charge on any atom is 0.315 e. The van der Waals surface area contributed by atoms with Crippen molar-refractivity contribution in [3.63, 3.8) is 0 Å². The van der Waals surface area contributed by atoms with Gasteiger partial charge in [-0.15, -0.1) is 0 Å². The molecule has 27 heavy (non-hydrogen) atoms. The Bertz CT molecular complexity index is 941. The molecule has 1 aliphatic rings. The van der Waals surface area contributed by atoms with Crippen LogP contribution < -0.4 is 5.73 Å². The minimum atomic E-state index is -3.79. The number of hydrogen-bond donors (Lipinski definition) is 1. The molecule has 7 heteroatoms. The molecule has 2 N–H and O–H groups in total. The molecule has 144 valence electrons. The monoisotopic (exact) mass is 407 g/mol. The van der Waals surface area contributed by atoms with Crippen molar-refractivity contribution in [1.82, 2.24) is 0 Å². The standard InChI is InChI=1S/C20H22ClNO4S/c1-3-26-19(23)20(12-22)17(14-6-8-15(21)9-7-14)18(20)27(24,25)16-10-4-13(2)5-11-16/h4-11,17-18H,3,12,22H2,1-2H3/t17-,18+,20+/m0/s1. The fraction of sp³-hybridized carbons (Fsp3) is 0.350. The summed E-state index contributed by atoms with van der Waals surface area (Å²) < 4.78 is 31.9. The number of carbonyl (C=O) groups is 1. The second kappa shape index (κ2) is 7.26. The van der Waals surface area contributed by atoms with Gasteiger partial charge in [0.05, 0.1) is 16.8 Å². The maximum atomic E-state index is 13.4. The number of esters is 1. The number of benzene rings is 2. The fourth-order valence-corrected chi connectivity index (χ4v) is 6.22. The van der Waals surface area contributed by atoms with Gasteiger partial charge in [-0.25, -0.2) is 8.42 Å². The van der Waals surface area contributed by atoms with Crippen molar-refractivity contribution in [3.8, 4) is 0 Å². The van der Waals surface area contributed by atoms with Crippen LogP contribution in [0, 0.1) is 12.3 Å². The molecule has 0 radical (unpaired) electrons. The van der Waals surface area contributed by atoms with E-state index < -0.39 is 32.4 Å². The normalized spacial score (nSPS) is 24.4. The van der Waals surface area contributed by atoms with E-state index in [2.05, 4.69) is 0 Å². The Morgan fingerprint density at radius 3 is 2.26 bits per heavy atom. The van der Waals surface area contributed by atoms with Crippen LogP contribution in [0.3, 0.4) is 0 Å². The number of nitrogens with two attached hydrogens (primary N) is 1. The highest BCUT2D eigenvalue weighted by atomic mass is 35.5. The maximum absolute atomic E-state index is 13.4. The summed E-state index contributed by atoms with van der Waals surface area (Å²) in [6, 6.07) is 13.4. The molecular weight excluding hydrogens is 386 g/mol. The fourth-order valence-electron chi connectivity index (χ4n) is 3.71. The number of halogens is 1. The topological polar surface area (TPSA) is 86.5 Å². The lowest BCUT2D eigenvalue weighted by Gasteiger charge is -2.14. The molecule has 1 aliphatic carbocycles. The Morgan fingerprint density at radius 1 is 1.15 bits per heavy atom. The Morgan fingerprint density at radius 2 is 1.74 bits per heavy atom. The highest BCUT2D eigenvalue weighted by Gasteiger charge is 2.75. The van der Waals surface area contributed by atoms with Gasteiger partial charge in [-0.1, -0.05) is 41.4 Å². The third-order valence-electron chi connectivity index (χ3n) is 5.16. The van der Waals surface area contributed by atoms with Crippen LogP contribution in [0.5, 0.6) is 0 Å². The van der Waals surface area contributed by atoms with Gasteiger partial charge in [-0.3, -0.25) is 4.79 Å². The number of sulfone groups is 1. The molecule has 1 fully saturated rings. The molecule has 0 amide bonds. The molecule has 0 heterocycles. The first-order valence-electron chi connectivity index (χ1n) is 8.72. The van der Waals surface area contributed by atoms with Crippen LogP contribution in [0.15, 0.2) is 53.4 Å². The number of carbonyl (C=O) groups excluding carboxylic acids is 1. The SMILES string of the molecule is CCOC(=O)[C@@]1(CN)[C@H](S(=O)(=O)c2ccc(C)cc2)[C@@H]1c1ccc(Cl)cc1. The second-order valence-electron chi connectivity index (χ2n) is 6.77. The van der Waals surface area contributed by atoms with Crippen molar-refractivity contribution in [3.05, 3.63) is 64.7 Å². The third kappa shape index (κ3) is 3.26. The van der Waals surface area contributed by atoms with Gasteiger partial charge >= 0.3 is 5.97 Å². The van der Waals surface area contributed by atoms with E-state index in [-0.39, 0.29) is 18.0 Å². The van der Waals surface area contributed by atoms with E-state index in [4.69, 9.17) is 22.1 Å². The molecule has 0 saturated heterocycles. The summed E-state index contributed by atoms with van der Waals surface area (Å²) in [4.78, 5) is 12.9. The molecule has 5 nitrogen and oxygen atoms in total. The van der Waals surface area contributed by atoms with E-state index in [9.17, 15) is 13.2 Å². The van der Waals surface area contributed by atoms with Gasteiger partial charge in [0, 0.05) is 17.5 Å². The van der Waals surface area contributed by atoms with Crippen LogP contribution in [0.4, 0.5) is 0 Å². The van der Waals surface area contributed by atoms with Gasteiger partial charge in [0.2, 0.25) is 0 Å². The molecule has 0 aliphatic heterocycles. The first-order chi connectivity index (χ1) is 12.8. The van der Waals surface area contributed by atoms with Crippen LogP contribution in [0.25, 0.3) is 0 Å². The highest BCUT2D eigenvalue weighted by Crippen LogP contribution is 2.64. The Kier molecular flexibility index (Phi) is 5.34. The summed E-state index contributed by atoms with van der Waals surface area (Å²) in [5.74, 6) is -1.15. The lowest BCUT2D eigenvalue weighted by molar-refractivity contribution is -0.149. The van der Waals surface area contributed by atoms with Crippen LogP contribution in [-0.4, -0.2) is 32.8 Å². The summed E-state index contributed by atoms with van der Waals surface area (Å²) in [5, 5.41) is -0.440. The predicted octanol–water partition coefficient (Wildman–Crippen LogP) is 3.10. The first kappa shape index (κ1) is 19.9. The summed E-state index contributed by atoms with van der Waals surface area (Å²) in [6.07, 6.45) is 0. The van der Waals surface area contributed by atoms with Gasteiger partial charge in [0.15, 0.2) is 9.84 Å². The van der Waals surface area contributed by atoms with Crippen molar-refractivity contribution in [2.45, 2.75) is 29.9 Å². The number of aryl methyl sites for hydroxylation is 1. The van der Waals surface area contributed by atoms with Crippen molar-refractivity contribution in [1.29, 1.82) is 0 Å². The predicted molar refractivity (Wildman–Crippen MR) is 104 cm³/mol. The molecule has 2 aromatic carbocycles. The van der Waals surface area contributed by atoms with E-state index in [0.717, 1.165) is 5.56 Å². The zero-order valence-corrected chi connectivity index (χ0v) is 16.8. The van der Waals surface area contributed by atoms with Crippen LogP contribution >= 0.6 is 11.6 Å². The van der Waals surface area contributed by atoms with Gasteiger partial charge in [0.25, 0.3) is 0 Å². The largest absolute Gasteiger partial charge is 0.465 e. The van der Waals surface area contributed by atoms with E-state index in [1.165, 1.54) is 0 Å². The summed E-state index contributed by atoms with van der Waals surface area (Å²) >= 11 is 5.96. The quantitative estimate of drug-likeness (QED) is 0.743. The van der Waals surface area contributed by atoms with Crippen LogP contribution in [0.2, 0.25) is 5.02 Å². The second-order valence-corrected chi connectivity index (χ2v) is 9.28. The van der Waals surface area contributed by atoms with Gasteiger partial charge in [0.1, 0.15) is 5.41 Å². The molecule has 0 spiro atoms. The average molecular weight is 408 g/mol. The van der Waals surface area contributed by atoms with Crippen molar-refractivity contribution in [2.75, 3.05) is 13.2 Å². The molecular formula is C20H22ClNO4S. The molecule has 3 rings (SSSR count). The number of hydrogen-bond acceptors (Lipinski definition) is 5. The zero-order chi connectivity index (χ0) is 19.8. The smallest absolute Gasteiger partial charge is 0.315 e. The van der Waals surface area contributed by atoms with Crippen LogP contribution in [0.1, 0.15) is 24.0 Å². The van der Waals surface area contributed by atoms with E-state index in [0.29, 0.717) is 10.6 Å². The minimum absolute atomic E-state index is 0.116. The Balaban J connectivity index is 2.10. The lowest BCUT2D eigenvalue weighted by Crippen LogP contribution is -2.33. The van der Waals surface area contributed by atoms with E-state index in [1.54, 1.807) is 55.5 Å². The van der Waals surface area contributed by atoms with Gasteiger partial charge < -0.3 is 10.5 Å². The van der Waals surface area contributed by atoms with E-state index in [1.807, 2.05) is 6.92 Å². The molecule has 1 saturated carbocycles.